The molecule has 0 N–H and O–H groups in total. The van der Waals surface area contributed by atoms with Gasteiger partial charge in [0.25, 0.3) is 0 Å². The van der Waals surface area contributed by atoms with E-state index in [-0.39, 0.29) is 25.4 Å². The van der Waals surface area contributed by atoms with Crippen LogP contribution in [0.25, 0.3) is 5.57 Å². The maximum absolute atomic E-state index is 11.2. The van der Waals surface area contributed by atoms with Crippen molar-refractivity contribution in [2.45, 2.75) is 13.3 Å². The third-order valence-electron chi connectivity index (χ3n) is 3.83. The van der Waals surface area contributed by atoms with E-state index in [0.29, 0.717) is 19.8 Å². The Morgan fingerprint density at radius 2 is 1.32 bits per heavy atom. The Balaban J connectivity index is 1.70. The zero-order chi connectivity index (χ0) is 20.0. The molecule has 0 heterocycles. The van der Waals surface area contributed by atoms with E-state index in [4.69, 9.17) is 14.2 Å². The Morgan fingerprint density at radius 3 is 1.89 bits per heavy atom. The van der Waals surface area contributed by atoms with Gasteiger partial charge in [-0.1, -0.05) is 66.7 Å². The third kappa shape index (κ3) is 8.29. The molecule has 0 fully saturated rings. The van der Waals surface area contributed by atoms with E-state index in [1.807, 2.05) is 36.4 Å². The number of carbonyl (C=O) groups excluding carboxylic acids is 2. The Kier molecular flexibility index (Phi) is 9.69. The molecule has 0 aromatic heterocycles. The molecule has 0 amide bonds. The highest BCUT2D eigenvalue weighted by atomic mass is 16.6. The van der Waals surface area contributed by atoms with E-state index in [1.54, 1.807) is 0 Å². The van der Waals surface area contributed by atoms with Crippen LogP contribution in [0.3, 0.4) is 0 Å². The van der Waals surface area contributed by atoms with Crippen molar-refractivity contribution < 1.29 is 23.8 Å². The number of Topliss-reactive ketones (excluding diaryl/α,β-unsaturated/α-hetero) is 1. The summed E-state index contributed by atoms with van der Waals surface area (Å²) in [6.45, 7) is 3.08. The molecule has 0 radical (unpaired) electrons. The maximum Gasteiger partial charge on any atom is 0.313 e. The van der Waals surface area contributed by atoms with E-state index in [1.165, 1.54) is 6.92 Å². The predicted molar refractivity (Wildman–Crippen MR) is 108 cm³/mol. The van der Waals surface area contributed by atoms with Crippen LogP contribution in [0.1, 0.15) is 24.5 Å². The van der Waals surface area contributed by atoms with Crippen LogP contribution in [0, 0.1) is 0 Å². The molecule has 0 saturated carbocycles. The van der Waals surface area contributed by atoms with Crippen molar-refractivity contribution in [2.24, 2.45) is 0 Å². The lowest BCUT2D eigenvalue weighted by Gasteiger charge is -2.09. The summed E-state index contributed by atoms with van der Waals surface area (Å²) < 4.78 is 15.9. The molecule has 2 aromatic rings. The summed E-state index contributed by atoms with van der Waals surface area (Å²) >= 11 is 0. The minimum Gasteiger partial charge on any atom is -0.463 e. The first kappa shape index (κ1) is 21.5. The van der Waals surface area contributed by atoms with Crippen LogP contribution in [-0.4, -0.2) is 44.8 Å². The number of rotatable bonds is 12. The fourth-order valence-corrected chi connectivity index (χ4v) is 2.55. The molecule has 0 bridgehead atoms. The standard InChI is InChI=1S/C23H26O5/c1-19(24)18-23(25)28-17-16-27-15-14-26-13-12-22(20-8-4-2-5-9-20)21-10-6-3-7-11-21/h2-12H,13-18H2,1H3. The number of benzene rings is 2. The van der Waals surface area contributed by atoms with Gasteiger partial charge in [0.2, 0.25) is 0 Å². The minimum atomic E-state index is -0.521. The SMILES string of the molecule is CC(=O)CC(=O)OCCOCCOCC=C(c1ccccc1)c1ccccc1. The third-order valence-corrected chi connectivity index (χ3v) is 3.83. The summed E-state index contributed by atoms with van der Waals surface area (Å²) in [4.78, 5) is 22.0. The number of hydrogen-bond donors (Lipinski definition) is 0. The maximum atomic E-state index is 11.2. The second-order valence-corrected chi connectivity index (χ2v) is 6.14. The summed E-state index contributed by atoms with van der Waals surface area (Å²) in [5.74, 6) is -0.732. The summed E-state index contributed by atoms with van der Waals surface area (Å²) in [5.41, 5.74) is 3.40. The first-order valence-electron chi connectivity index (χ1n) is 9.28. The van der Waals surface area contributed by atoms with Crippen LogP contribution in [0.4, 0.5) is 0 Å². The van der Waals surface area contributed by atoms with Crippen molar-refractivity contribution in [3.05, 3.63) is 77.9 Å². The molecule has 148 valence electrons. The molecule has 0 aliphatic heterocycles. The van der Waals surface area contributed by atoms with Crippen LogP contribution < -0.4 is 0 Å². The highest BCUT2D eigenvalue weighted by molar-refractivity contribution is 5.94. The van der Waals surface area contributed by atoms with Gasteiger partial charge in [-0.25, -0.2) is 0 Å². The van der Waals surface area contributed by atoms with Crippen molar-refractivity contribution in [1.82, 2.24) is 0 Å². The largest absolute Gasteiger partial charge is 0.463 e. The number of esters is 1. The second kappa shape index (κ2) is 12.6. The minimum absolute atomic E-state index is 0.137. The number of ketones is 1. The van der Waals surface area contributed by atoms with E-state index in [2.05, 4.69) is 30.3 Å². The van der Waals surface area contributed by atoms with Gasteiger partial charge in [0.1, 0.15) is 18.8 Å². The summed E-state index contributed by atoms with van der Waals surface area (Å²) in [6, 6.07) is 20.4. The smallest absolute Gasteiger partial charge is 0.313 e. The van der Waals surface area contributed by atoms with Crippen LogP contribution in [-0.2, 0) is 23.8 Å². The Bertz CT molecular complexity index is 712. The highest BCUT2D eigenvalue weighted by Gasteiger charge is 2.06. The van der Waals surface area contributed by atoms with Crippen molar-refractivity contribution in [3.63, 3.8) is 0 Å². The average Bonchev–Trinajstić information content (AvgIpc) is 2.70. The van der Waals surface area contributed by atoms with E-state index >= 15 is 0 Å². The van der Waals surface area contributed by atoms with Crippen LogP contribution >= 0.6 is 0 Å². The quantitative estimate of drug-likeness (QED) is 0.318. The van der Waals surface area contributed by atoms with Gasteiger partial charge in [-0.3, -0.25) is 9.59 Å². The Labute approximate surface area is 165 Å². The molecule has 28 heavy (non-hydrogen) atoms. The topological polar surface area (TPSA) is 61.8 Å². The first-order valence-corrected chi connectivity index (χ1v) is 9.28. The predicted octanol–water partition coefficient (Wildman–Crippen LogP) is 3.67. The molecule has 5 nitrogen and oxygen atoms in total. The molecule has 0 atom stereocenters. The van der Waals surface area contributed by atoms with E-state index < -0.39 is 5.97 Å². The first-order chi connectivity index (χ1) is 13.7. The van der Waals surface area contributed by atoms with Gasteiger partial charge in [0, 0.05) is 0 Å². The lowest BCUT2D eigenvalue weighted by atomic mass is 9.98. The van der Waals surface area contributed by atoms with Gasteiger partial charge < -0.3 is 14.2 Å². The highest BCUT2D eigenvalue weighted by Crippen LogP contribution is 2.22. The molecular formula is C23H26O5. The second-order valence-electron chi connectivity index (χ2n) is 6.14. The zero-order valence-corrected chi connectivity index (χ0v) is 16.1. The number of hydrogen-bond acceptors (Lipinski definition) is 5. The van der Waals surface area contributed by atoms with Crippen molar-refractivity contribution in [2.75, 3.05) is 33.0 Å². The van der Waals surface area contributed by atoms with Crippen LogP contribution in [0.15, 0.2) is 66.7 Å². The molecule has 2 rings (SSSR count). The Morgan fingerprint density at radius 1 is 0.786 bits per heavy atom. The van der Waals surface area contributed by atoms with Gasteiger partial charge in [0.15, 0.2) is 0 Å². The van der Waals surface area contributed by atoms with E-state index in [0.717, 1.165) is 16.7 Å². The Hall–Kier alpha value is -2.76. The molecular weight excluding hydrogens is 356 g/mol. The molecule has 5 heteroatoms. The summed E-state index contributed by atoms with van der Waals surface area (Å²) in [7, 11) is 0. The van der Waals surface area contributed by atoms with E-state index in [9.17, 15) is 9.59 Å². The summed E-state index contributed by atoms with van der Waals surface area (Å²) in [6.07, 6.45) is 1.87. The van der Waals surface area contributed by atoms with Crippen molar-refractivity contribution >= 4 is 17.3 Å². The zero-order valence-electron chi connectivity index (χ0n) is 16.1. The van der Waals surface area contributed by atoms with Crippen LogP contribution in [0.2, 0.25) is 0 Å². The fraction of sp³-hybridized carbons (Fsp3) is 0.304. The summed E-state index contributed by atoms with van der Waals surface area (Å²) in [5, 5.41) is 0. The van der Waals surface area contributed by atoms with Crippen molar-refractivity contribution in [1.29, 1.82) is 0 Å². The molecule has 0 spiro atoms. The molecule has 0 aliphatic carbocycles. The lowest BCUT2D eigenvalue weighted by molar-refractivity contribution is -0.147. The molecule has 0 saturated heterocycles. The van der Waals surface area contributed by atoms with Gasteiger partial charge in [-0.15, -0.1) is 0 Å². The van der Waals surface area contributed by atoms with Crippen molar-refractivity contribution in [3.8, 4) is 0 Å². The average molecular weight is 382 g/mol. The number of ether oxygens (including phenoxy) is 3. The lowest BCUT2D eigenvalue weighted by Crippen LogP contribution is -2.14. The molecule has 0 aliphatic rings. The van der Waals surface area contributed by atoms with Gasteiger partial charge in [-0.05, 0) is 23.6 Å². The van der Waals surface area contributed by atoms with Gasteiger partial charge in [-0.2, -0.15) is 0 Å². The number of carbonyl (C=O) groups is 2. The molecule has 2 aromatic carbocycles. The molecule has 0 unspecified atom stereocenters. The normalized spacial score (nSPS) is 10.3. The monoisotopic (exact) mass is 382 g/mol. The fourth-order valence-electron chi connectivity index (χ4n) is 2.55. The van der Waals surface area contributed by atoms with Gasteiger partial charge >= 0.3 is 5.97 Å². The van der Waals surface area contributed by atoms with Crippen LogP contribution in [0.5, 0.6) is 0 Å². The van der Waals surface area contributed by atoms with Gasteiger partial charge in [0.05, 0.1) is 26.4 Å².